The lowest BCUT2D eigenvalue weighted by Crippen LogP contribution is -2.21. The summed E-state index contributed by atoms with van der Waals surface area (Å²) in [6, 6.07) is 13.9. The zero-order valence-corrected chi connectivity index (χ0v) is 16.5. The number of hydrogen-bond donors (Lipinski definition) is 2. The first-order valence-corrected chi connectivity index (χ1v) is 9.73. The van der Waals surface area contributed by atoms with Crippen molar-refractivity contribution in [1.29, 1.82) is 0 Å². The number of H-pyrrole nitrogens is 1. The summed E-state index contributed by atoms with van der Waals surface area (Å²) in [5.74, 6) is -0.346. The molecule has 0 radical (unpaired) electrons. The Bertz CT molecular complexity index is 922. The van der Waals surface area contributed by atoms with Gasteiger partial charge in [0.25, 0.3) is 5.91 Å². The second-order valence-electron chi connectivity index (χ2n) is 6.04. The van der Waals surface area contributed by atoms with Crippen LogP contribution < -0.4 is 10.3 Å². The van der Waals surface area contributed by atoms with Gasteiger partial charge in [-0.1, -0.05) is 12.1 Å². The number of thiophene rings is 1. The number of hydrazone groups is 1. The fourth-order valence-corrected chi connectivity index (χ4v) is 3.56. The van der Waals surface area contributed by atoms with Crippen LogP contribution in [0.1, 0.15) is 34.8 Å². The molecule has 0 aliphatic heterocycles. The van der Waals surface area contributed by atoms with Gasteiger partial charge in [-0.2, -0.15) is 10.2 Å². The van der Waals surface area contributed by atoms with E-state index in [9.17, 15) is 4.79 Å². The van der Waals surface area contributed by atoms with E-state index in [-0.39, 0.29) is 5.91 Å². The van der Waals surface area contributed by atoms with Crippen LogP contribution in [0.5, 0.6) is 0 Å². The number of aromatic amines is 1. The Hall–Kier alpha value is -2.93. The minimum absolute atomic E-state index is 0.310. The monoisotopic (exact) mass is 381 g/mol. The molecule has 0 spiro atoms. The molecule has 2 N–H and O–H groups in total. The number of hydrogen-bond acceptors (Lipinski definition) is 5. The molecule has 0 saturated carbocycles. The normalized spacial score (nSPS) is 11.1. The van der Waals surface area contributed by atoms with E-state index < -0.39 is 0 Å². The zero-order valence-electron chi connectivity index (χ0n) is 15.7. The number of carbonyl (C=O) groups is 1. The van der Waals surface area contributed by atoms with E-state index >= 15 is 0 Å². The smallest absolute Gasteiger partial charge is 0.291 e. The third-order valence-corrected chi connectivity index (χ3v) is 5.25. The van der Waals surface area contributed by atoms with E-state index in [0.29, 0.717) is 5.69 Å². The van der Waals surface area contributed by atoms with E-state index in [4.69, 9.17) is 0 Å². The Morgan fingerprint density at radius 1 is 1.22 bits per heavy atom. The maximum absolute atomic E-state index is 12.2. The largest absolute Gasteiger partial charge is 0.372 e. The van der Waals surface area contributed by atoms with Crippen molar-refractivity contribution in [2.24, 2.45) is 5.10 Å². The van der Waals surface area contributed by atoms with Crippen molar-refractivity contribution in [3.8, 4) is 10.6 Å². The van der Waals surface area contributed by atoms with E-state index in [1.54, 1.807) is 23.6 Å². The number of carbonyl (C=O) groups excluding carboxylic acids is 1. The highest BCUT2D eigenvalue weighted by Gasteiger charge is 2.11. The van der Waals surface area contributed by atoms with Gasteiger partial charge in [0.1, 0.15) is 0 Å². The standard InChI is InChI=1S/C20H23N5OS/c1-4-25(5-2)16-9-7-15(8-10-16)13-21-24-20(26)18-12-17(22-23-18)19-11-6-14(3)27-19/h6-13H,4-5H2,1-3H3,(H,22,23)(H,24,26). The fraction of sp³-hybridized carbons (Fsp3) is 0.250. The van der Waals surface area contributed by atoms with Crippen LogP contribution in [0.2, 0.25) is 0 Å². The van der Waals surface area contributed by atoms with Crippen LogP contribution in [0.25, 0.3) is 10.6 Å². The summed E-state index contributed by atoms with van der Waals surface area (Å²) >= 11 is 1.65. The average Bonchev–Trinajstić information content (AvgIpc) is 3.33. The van der Waals surface area contributed by atoms with Gasteiger partial charge in [0.15, 0.2) is 5.69 Å². The molecule has 0 fully saturated rings. The van der Waals surface area contributed by atoms with E-state index in [2.05, 4.69) is 51.6 Å². The Labute approximate surface area is 162 Å². The predicted molar refractivity (Wildman–Crippen MR) is 112 cm³/mol. The lowest BCUT2D eigenvalue weighted by Gasteiger charge is -2.20. The molecule has 6 nitrogen and oxygen atoms in total. The Balaban J connectivity index is 1.59. The molecule has 0 saturated heterocycles. The molecule has 0 unspecified atom stereocenters. The first kappa shape index (κ1) is 18.8. The second kappa shape index (κ2) is 8.64. The van der Waals surface area contributed by atoms with Gasteiger partial charge >= 0.3 is 0 Å². The van der Waals surface area contributed by atoms with Crippen molar-refractivity contribution in [1.82, 2.24) is 15.6 Å². The number of nitrogens with zero attached hydrogens (tertiary/aromatic N) is 3. The van der Waals surface area contributed by atoms with Gasteiger partial charge in [-0.15, -0.1) is 11.3 Å². The van der Waals surface area contributed by atoms with E-state index in [1.165, 1.54) is 10.6 Å². The maximum Gasteiger partial charge on any atom is 0.291 e. The molecule has 7 heteroatoms. The minimum Gasteiger partial charge on any atom is -0.372 e. The number of benzene rings is 1. The maximum atomic E-state index is 12.2. The Kier molecular flexibility index (Phi) is 6.03. The van der Waals surface area contributed by atoms with Crippen molar-refractivity contribution in [2.75, 3.05) is 18.0 Å². The Morgan fingerprint density at radius 2 is 1.96 bits per heavy atom. The third kappa shape index (κ3) is 4.62. The molecule has 0 atom stereocenters. The molecule has 27 heavy (non-hydrogen) atoms. The SMILES string of the molecule is CCN(CC)c1ccc(C=NNC(=O)c2cc(-c3ccc(C)s3)[nH]n2)cc1. The van der Waals surface area contributed by atoms with Crippen LogP contribution >= 0.6 is 11.3 Å². The molecule has 3 aromatic rings. The fourth-order valence-electron chi connectivity index (χ4n) is 2.73. The summed E-state index contributed by atoms with van der Waals surface area (Å²) in [5, 5.41) is 11.0. The van der Waals surface area contributed by atoms with Crippen LogP contribution in [0.15, 0.2) is 47.6 Å². The molecule has 0 aliphatic rings. The molecular formula is C20H23N5OS. The molecule has 2 heterocycles. The quantitative estimate of drug-likeness (QED) is 0.479. The summed E-state index contributed by atoms with van der Waals surface area (Å²) in [7, 11) is 0. The molecule has 0 aliphatic carbocycles. The average molecular weight is 382 g/mol. The van der Waals surface area contributed by atoms with Crippen LogP contribution in [0.4, 0.5) is 5.69 Å². The second-order valence-corrected chi connectivity index (χ2v) is 7.33. The van der Waals surface area contributed by atoms with Crippen LogP contribution in [-0.4, -0.2) is 35.4 Å². The van der Waals surface area contributed by atoms with Gasteiger partial charge in [-0.3, -0.25) is 9.89 Å². The molecule has 2 aromatic heterocycles. The van der Waals surface area contributed by atoms with Gasteiger partial charge in [0.2, 0.25) is 0 Å². The Morgan fingerprint density at radius 3 is 2.59 bits per heavy atom. The summed E-state index contributed by atoms with van der Waals surface area (Å²) in [5.41, 5.74) is 5.75. The summed E-state index contributed by atoms with van der Waals surface area (Å²) in [6.07, 6.45) is 1.63. The number of nitrogens with one attached hydrogen (secondary N) is 2. The highest BCUT2D eigenvalue weighted by molar-refractivity contribution is 7.15. The van der Waals surface area contributed by atoms with Gasteiger partial charge in [0, 0.05) is 23.7 Å². The van der Waals surface area contributed by atoms with E-state index in [1.807, 2.05) is 31.2 Å². The van der Waals surface area contributed by atoms with Gasteiger partial charge < -0.3 is 4.90 Å². The number of aromatic nitrogens is 2. The lowest BCUT2D eigenvalue weighted by atomic mass is 10.2. The number of anilines is 1. The van der Waals surface area contributed by atoms with Gasteiger partial charge in [-0.05, 0) is 56.7 Å². The highest BCUT2D eigenvalue weighted by atomic mass is 32.1. The van der Waals surface area contributed by atoms with Crippen LogP contribution in [-0.2, 0) is 0 Å². The molecule has 0 bridgehead atoms. The number of aryl methyl sites for hydroxylation is 1. The molecule has 3 rings (SSSR count). The highest BCUT2D eigenvalue weighted by Crippen LogP contribution is 2.26. The van der Waals surface area contributed by atoms with Crippen molar-refractivity contribution in [3.05, 3.63) is 58.6 Å². The predicted octanol–water partition coefficient (Wildman–Crippen LogP) is 4.06. The van der Waals surface area contributed by atoms with Crippen molar-refractivity contribution < 1.29 is 4.79 Å². The first-order valence-electron chi connectivity index (χ1n) is 8.91. The molecular weight excluding hydrogens is 358 g/mol. The molecule has 1 aromatic carbocycles. The molecule has 1 amide bonds. The topological polar surface area (TPSA) is 73.4 Å². The van der Waals surface area contributed by atoms with Crippen molar-refractivity contribution in [3.63, 3.8) is 0 Å². The zero-order chi connectivity index (χ0) is 19.2. The summed E-state index contributed by atoms with van der Waals surface area (Å²) in [6.45, 7) is 8.25. The van der Waals surface area contributed by atoms with Gasteiger partial charge in [0.05, 0.1) is 16.8 Å². The first-order chi connectivity index (χ1) is 13.1. The van der Waals surface area contributed by atoms with Crippen LogP contribution in [0.3, 0.4) is 0 Å². The van der Waals surface area contributed by atoms with Crippen molar-refractivity contribution in [2.45, 2.75) is 20.8 Å². The van der Waals surface area contributed by atoms with Crippen LogP contribution in [0, 0.1) is 6.92 Å². The van der Waals surface area contributed by atoms with Crippen molar-refractivity contribution >= 4 is 29.1 Å². The lowest BCUT2D eigenvalue weighted by molar-refractivity contribution is 0.0950. The third-order valence-electron chi connectivity index (χ3n) is 4.22. The minimum atomic E-state index is -0.346. The van der Waals surface area contributed by atoms with E-state index in [0.717, 1.165) is 29.2 Å². The number of amides is 1. The summed E-state index contributed by atoms with van der Waals surface area (Å²) in [4.78, 5) is 16.7. The summed E-state index contributed by atoms with van der Waals surface area (Å²) < 4.78 is 0. The molecule has 140 valence electrons. The number of rotatable bonds is 7. The van der Waals surface area contributed by atoms with Gasteiger partial charge in [-0.25, -0.2) is 5.43 Å².